The number of aliphatic hydroxyl groups is 1. The molecule has 2 aliphatic rings. The van der Waals surface area contributed by atoms with Gasteiger partial charge >= 0.3 is 0 Å². The fourth-order valence-corrected chi connectivity index (χ4v) is 2.28. The highest BCUT2D eigenvalue weighted by molar-refractivity contribution is 5.81. The molecule has 0 aromatic rings. The van der Waals surface area contributed by atoms with E-state index in [-0.39, 0.29) is 11.8 Å². The van der Waals surface area contributed by atoms with Gasteiger partial charge in [0.15, 0.2) is 0 Å². The molecule has 0 bridgehead atoms. The summed E-state index contributed by atoms with van der Waals surface area (Å²) < 4.78 is 0. The third-order valence-corrected chi connectivity index (χ3v) is 3.57. The maximum Gasteiger partial charge on any atom is 0.223 e. The van der Waals surface area contributed by atoms with Crippen LogP contribution in [0.4, 0.5) is 0 Å². The molecule has 1 amide bonds. The average Bonchev–Trinajstić information content (AvgIpc) is 2.71. The van der Waals surface area contributed by atoms with Gasteiger partial charge in [0, 0.05) is 12.5 Å². The van der Waals surface area contributed by atoms with E-state index in [0.29, 0.717) is 12.5 Å². The van der Waals surface area contributed by atoms with Gasteiger partial charge in [-0.2, -0.15) is 0 Å². The fraction of sp³-hybridized carbons (Fsp3) is 0.909. The maximum absolute atomic E-state index is 11.5. The second-order valence-corrected chi connectivity index (χ2v) is 4.97. The Kier molecular flexibility index (Phi) is 2.52. The summed E-state index contributed by atoms with van der Waals surface area (Å²) >= 11 is 0. The molecule has 0 aromatic carbocycles. The van der Waals surface area contributed by atoms with Crippen molar-refractivity contribution in [3.63, 3.8) is 0 Å². The summed E-state index contributed by atoms with van der Waals surface area (Å²) in [6, 6.07) is 0. The van der Waals surface area contributed by atoms with Crippen LogP contribution in [0.2, 0.25) is 0 Å². The first-order valence-corrected chi connectivity index (χ1v) is 5.61. The predicted octanol–water partition coefficient (Wildman–Crippen LogP) is 1.06. The number of hydrogen-bond acceptors (Lipinski definition) is 2. The third kappa shape index (κ3) is 2.08. The summed E-state index contributed by atoms with van der Waals surface area (Å²) in [5, 5.41) is 12.9. The van der Waals surface area contributed by atoms with Gasteiger partial charge in [0.2, 0.25) is 5.91 Å². The van der Waals surface area contributed by atoms with Crippen molar-refractivity contribution in [3.05, 3.63) is 0 Å². The molecule has 2 N–H and O–H groups in total. The highest BCUT2D eigenvalue weighted by Crippen LogP contribution is 2.38. The number of nitrogens with one attached hydrogen (secondary N) is 1. The summed E-state index contributed by atoms with van der Waals surface area (Å²) in [5.41, 5.74) is -0.603. The van der Waals surface area contributed by atoms with Crippen molar-refractivity contribution in [3.8, 4) is 0 Å². The van der Waals surface area contributed by atoms with Crippen LogP contribution in [-0.4, -0.2) is 23.2 Å². The van der Waals surface area contributed by atoms with E-state index in [4.69, 9.17) is 0 Å². The molecule has 80 valence electrons. The molecule has 2 saturated carbocycles. The Balaban J connectivity index is 1.73. The van der Waals surface area contributed by atoms with Crippen LogP contribution in [0.25, 0.3) is 0 Å². The minimum absolute atomic E-state index is 0.137. The van der Waals surface area contributed by atoms with E-state index in [2.05, 4.69) is 12.2 Å². The topological polar surface area (TPSA) is 49.3 Å². The molecule has 14 heavy (non-hydrogen) atoms. The van der Waals surface area contributed by atoms with Crippen molar-refractivity contribution >= 4 is 5.91 Å². The summed E-state index contributed by atoms with van der Waals surface area (Å²) in [4.78, 5) is 11.5. The number of rotatable bonds is 3. The fourth-order valence-electron chi connectivity index (χ4n) is 2.28. The first-order chi connectivity index (χ1) is 6.61. The summed E-state index contributed by atoms with van der Waals surface area (Å²) in [6.07, 6.45) is 4.88. The molecule has 2 rings (SSSR count). The molecule has 2 atom stereocenters. The molecular weight excluding hydrogens is 178 g/mol. The molecule has 0 heterocycles. The predicted molar refractivity (Wildman–Crippen MR) is 53.7 cm³/mol. The summed E-state index contributed by atoms with van der Waals surface area (Å²) in [5.74, 6) is 0.908. The van der Waals surface area contributed by atoms with Gasteiger partial charge in [0.25, 0.3) is 0 Å². The summed E-state index contributed by atoms with van der Waals surface area (Å²) in [7, 11) is 0. The molecule has 2 aliphatic carbocycles. The number of carbonyl (C=O) groups excluding carboxylic acids is 1. The molecule has 3 heteroatoms. The largest absolute Gasteiger partial charge is 0.388 e. The van der Waals surface area contributed by atoms with Crippen molar-refractivity contribution in [2.45, 2.75) is 44.6 Å². The van der Waals surface area contributed by atoms with Crippen LogP contribution < -0.4 is 5.32 Å². The minimum Gasteiger partial charge on any atom is -0.388 e. The molecule has 0 spiro atoms. The van der Waals surface area contributed by atoms with Crippen LogP contribution in [0.1, 0.15) is 39.0 Å². The van der Waals surface area contributed by atoms with Gasteiger partial charge in [0.1, 0.15) is 0 Å². The van der Waals surface area contributed by atoms with E-state index < -0.39 is 5.60 Å². The van der Waals surface area contributed by atoms with Crippen molar-refractivity contribution in [2.24, 2.45) is 11.8 Å². The zero-order chi connectivity index (χ0) is 10.2. The molecule has 2 unspecified atom stereocenters. The Bertz CT molecular complexity index is 233. The second-order valence-electron chi connectivity index (χ2n) is 4.97. The van der Waals surface area contributed by atoms with Gasteiger partial charge in [-0.25, -0.2) is 0 Å². The monoisotopic (exact) mass is 197 g/mol. The molecule has 0 aromatic heterocycles. The van der Waals surface area contributed by atoms with Gasteiger partial charge < -0.3 is 10.4 Å². The zero-order valence-electron chi connectivity index (χ0n) is 8.75. The highest BCUT2D eigenvalue weighted by Gasteiger charge is 2.40. The Morgan fingerprint density at radius 3 is 2.57 bits per heavy atom. The van der Waals surface area contributed by atoms with Gasteiger partial charge in [0.05, 0.1) is 5.60 Å². The standard InChI is InChI=1S/C11H19NO2/c1-8-6-9(8)10(13)12-7-11(14)4-2-3-5-11/h8-9,14H,2-7H2,1H3,(H,12,13). The quantitative estimate of drug-likeness (QED) is 0.711. The van der Waals surface area contributed by atoms with Gasteiger partial charge in [-0.05, 0) is 25.2 Å². The zero-order valence-corrected chi connectivity index (χ0v) is 8.75. The third-order valence-electron chi connectivity index (χ3n) is 3.57. The van der Waals surface area contributed by atoms with Crippen LogP contribution in [0.5, 0.6) is 0 Å². The first-order valence-electron chi connectivity index (χ1n) is 5.61. The van der Waals surface area contributed by atoms with Crippen LogP contribution in [0.3, 0.4) is 0 Å². The molecular formula is C11H19NO2. The lowest BCUT2D eigenvalue weighted by Crippen LogP contribution is -2.41. The van der Waals surface area contributed by atoms with Crippen molar-refractivity contribution in [1.29, 1.82) is 0 Å². The Labute approximate surface area is 84.9 Å². The molecule has 0 saturated heterocycles. The number of hydrogen-bond donors (Lipinski definition) is 2. The van der Waals surface area contributed by atoms with Crippen molar-refractivity contribution in [2.75, 3.05) is 6.54 Å². The lowest BCUT2D eigenvalue weighted by molar-refractivity contribution is -0.123. The smallest absolute Gasteiger partial charge is 0.223 e. The Morgan fingerprint density at radius 1 is 1.50 bits per heavy atom. The van der Waals surface area contributed by atoms with Gasteiger partial charge in [-0.3, -0.25) is 4.79 Å². The number of carbonyl (C=O) groups is 1. The van der Waals surface area contributed by atoms with E-state index in [9.17, 15) is 9.90 Å². The van der Waals surface area contributed by atoms with Crippen molar-refractivity contribution < 1.29 is 9.90 Å². The summed E-state index contributed by atoms with van der Waals surface area (Å²) in [6.45, 7) is 2.55. The molecule has 0 radical (unpaired) electrons. The second kappa shape index (κ2) is 3.54. The van der Waals surface area contributed by atoms with Gasteiger partial charge in [-0.15, -0.1) is 0 Å². The van der Waals surface area contributed by atoms with E-state index >= 15 is 0 Å². The highest BCUT2D eigenvalue weighted by atomic mass is 16.3. The maximum atomic E-state index is 11.5. The lowest BCUT2D eigenvalue weighted by atomic mass is 10.0. The van der Waals surface area contributed by atoms with E-state index in [0.717, 1.165) is 32.1 Å². The lowest BCUT2D eigenvalue weighted by Gasteiger charge is -2.22. The average molecular weight is 197 g/mol. The van der Waals surface area contributed by atoms with Crippen LogP contribution in [0.15, 0.2) is 0 Å². The first kappa shape index (κ1) is 9.97. The van der Waals surface area contributed by atoms with E-state index in [1.807, 2.05) is 0 Å². The molecule has 2 fully saturated rings. The SMILES string of the molecule is CC1CC1C(=O)NCC1(O)CCCC1. The Hall–Kier alpha value is -0.570. The Morgan fingerprint density at radius 2 is 2.07 bits per heavy atom. The van der Waals surface area contributed by atoms with E-state index in [1.165, 1.54) is 0 Å². The van der Waals surface area contributed by atoms with Crippen LogP contribution in [-0.2, 0) is 4.79 Å². The van der Waals surface area contributed by atoms with Crippen LogP contribution in [0, 0.1) is 11.8 Å². The molecule has 0 aliphatic heterocycles. The number of amides is 1. The van der Waals surface area contributed by atoms with Crippen LogP contribution >= 0.6 is 0 Å². The van der Waals surface area contributed by atoms with Crippen molar-refractivity contribution in [1.82, 2.24) is 5.32 Å². The normalized spacial score (nSPS) is 34.1. The molecule has 3 nitrogen and oxygen atoms in total. The van der Waals surface area contributed by atoms with E-state index in [1.54, 1.807) is 0 Å². The van der Waals surface area contributed by atoms with Gasteiger partial charge in [-0.1, -0.05) is 19.8 Å². The minimum atomic E-state index is -0.603.